The lowest BCUT2D eigenvalue weighted by atomic mass is 9.92. The van der Waals surface area contributed by atoms with Gasteiger partial charge >= 0.3 is 12.0 Å². The summed E-state index contributed by atoms with van der Waals surface area (Å²) in [6, 6.07) is 8.85. The zero-order valence-corrected chi connectivity index (χ0v) is 12.1. The lowest BCUT2D eigenvalue weighted by molar-refractivity contribution is -0.144. The number of benzene rings is 1. The van der Waals surface area contributed by atoms with Gasteiger partial charge in [0.2, 0.25) is 0 Å². The van der Waals surface area contributed by atoms with Gasteiger partial charge < -0.3 is 15.3 Å². The Balaban J connectivity index is 1.80. The number of carboxylic acids is 1. The van der Waals surface area contributed by atoms with Crippen LogP contribution in [0.3, 0.4) is 0 Å². The molecule has 0 radical (unpaired) electrons. The normalized spacial score (nSPS) is 26.4. The molecular formula is C16H20N2O3. The Hall–Kier alpha value is -2.04. The van der Waals surface area contributed by atoms with E-state index in [0.29, 0.717) is 11.5 Å². The molecular weight excluding hydrogens is 268 g/mol. The Bertz CT molecular complexity index is 560. The molecule has 1 heterocycles. The second-order valence-corrected chi connectivity index (χ2v) is 6.21. The highest BCUT2D eigenvalue weighted by molar-refractivity contribution is 5.87. The summed E-state index contributed by atoms with van der Waals surface area (Å²) < 4.78 is 0. The van der Waals surface area contributed by atoms with Crippen molar-refractivity contribution in [2.45, 2.75) is 37.8 Å². The van der Waals surface area contributed by atoms with Crippen LogP contribution in [0.5, 0.6) is 0 Å². The first-order valence-corrected chi connectivity index (χ1v) is 7.38. The zero-order chi connectivity index (χ0) is 15.0. The van der Waals surface area contributed by atoms with Gasteiger partial charge in [-0.2, -0.15) is 0 Å². The average Bonchev–Trinajstić information content (AvgIpc) is 3.10. The van der Waals surface area contributed by atoms with Crippen LogP contribution in [0, 0.1) is 5.92 Å². The van der Waals surface area contributed by atoms with Crippen LogP contribution in [0.15, 0.2) is 30.3 Å². The van der Waals surface area contributed by atoms with Crippen LogP contribution < -0.4 is 5.32 Å². The fraction of sp³-hybridized carbons (Fsp3) is 0.500. The number of hydrogen-bond donors (Lipinski definition) is 2. The maximum absolute atomic E-state index is 12.5. The highest BCUT2D eigenvalue weighted by Gasteiger charge is 2.44. The van der Waals surface area contributed by atoms with E-state index in [0.717, 1.165) is 19.4 Å². The van der Waals surface area contributed by atoms with Gasteiger partial charge in [-0.05, 0) is 37.7 Å². The Morgan fingerprint density at radius 1 is 1.29 bits per heavy atom. The maximum Gasteiger partial charge on any atom is 0.333 e. The van der Waals surface area contributed by atoms with Gasteiger partial charge in [0, 0.05) is 12.6 Å². The third-order valence-electron chi connectivity index (χ3n) is 4.81. The topological polar surface area (TPSA) is 69.6 Å². The third kappa shape index (κ3) is 2.37. The van der Waals surface area contributed by atoms with Crippen LogP contribution in [0.25, 0.3) is 0 Å². The van der Waals surface area contributed by atoms with Crippen molar-refractivity contribution in [3.05, 3.63) is 35.9 Å². The van der Waals surface area contributed by atoms with Crippen molar-refractivity contribution in [2.24, 2.45) is 5.92 Å². The van der Waals surface area contributed by atoms with Gasteiger partial charge in [0.05, 0.1) is 0 Å². The number of hydrogen-bond acceptors (Lipinski definition) is 2. The fourth-order valence-corrected chi connectivity index (χ4v) is 3.48. The number of nitrogens with one attached hydrogen (secondary N) is 1. The molecule has 5 nitrogen and oxygen atoms in total. The molecule has 5 heteroatoms. The minimum absolute atomic E-state index is 0.268. The van der Waals surface area contributed by atoms with Crippen LogP contribution in [0.1, 0.15) is 31.7 Å². The Kier molecular flexibility index (Phi) is 3.35. The van der Waals surface area contributed by atoms with Gasteiger partial charge in [-0.15, -0.1) is 0 Å². The molecule has 1 saturated carbocycles. The first-order valence-electron chi connectivity index (χ1n) is 7.38. The van der Waals surface area contributed by atoms with E-state index in [9.17, 15) is 14.7 Å². The van der Waals surface area contributed by atoms with Gasteiger partial charge in [0.25, 0.3) is 0 Å². The molecule has 1 aliphatic heterocycles. The van der Waals surface area contributed by atoms with Crippen LogP contribution in [-0.4, -0.2) is 34.6 Å². The Labute approximate surface area is 123 Å². The summed E-state index contributed by atoms with van der Waals surface area (Å²) in [7, 11) is 0. The molecule has 3 rings (SSSR count). The molecule has 3 unspecified atom stereocenters. The second-order valence-electron chi connectivity index (χ2n) is 6.21. The smallest absolute Gasteiger partial charge is 0.333 e. The number of carbonyl (C=O) groups is 2. The summed E-state index contributed by atoms with van der Waals surface area (Å²) in [6.07, 6.45) is 3.28. The molecule has 3 atom stereocenters. The molecule has 1 aromatic carbocycles. The SMILES string of the molecule is CC(NC(=O)N1CC2CCC1C2)(C(=O)O)c1ccccc1. The van der Waals surface area contributed by atoms with Crippen LogP contribution in [0.4, 0.5) is 4.79 Å². The number of rotatable bonds is 3. The molecule has 1 aromatic rings. The average molecular weight is 288 g/mol. The van der Waals surface area contributed by atoms with Gasteiger partial charge in [0.1, 0.15) is 0 Å². The predicted octanol–water partition coefficient (Wildman–Crippen LogP) is 2.18. The van der Waals surface area contributed by atoms with Crippen molar-refractivity contribution < 1.29 is 14.7 Å². The number of nitrogens with zero attached hydrogens (tertiary/aromatic N) is 1. The number of carbonyl (C=O) groups excluding carboxylic acids is 1. The largest absolute Gasteiger partial charge is 0.479 e. The maximum atomic E-state index is 12.5. The molecule has 2 fully saturated rings. The van der Waals surface area contributed by atoms with Crippen LogP contribution in [-0.2, 0) is 10.3 Å². The first kappa shape index (κ1) is 13.9. The number of urea groups is 1. The summed E-state index contributed by atoms with van der Waals surface area (Å²) >= 11 is 0. The number of piperidine rings is 1. The van der Waals surface area contributed by atoms with Gasteiger partial charge in [0.15, 0.2) is 5.54 Å². The van der Waals surface area contributed by atoms with Crippen molar-refractivity contribution in [1.29, 1.82) is 0 Å². The van der Waals surface area contributed by atoms with Crippen LogP contribution >= 0.6 is 0 Å². The first-order chi connectivity index (χ1) is 10.0. The van der Waals surface area contributed by atoms with E-state index in [1.807, 2.05) is 6.07 Å². The highest BCUT2D eigenvalue weighted by atomic mass is 16.4. The standard InChI is InChI=1S/C16H20N2O3/c1-16(14(19)20,12-5-3-2-4-6-12)17-15(21)18-10-11-7-8-13(18)9-11/h2-6,11,13H,7-10H2,1H3,(H,17,21)(H,19,20). The Morgan fingerprint density at radius 2 is 2.00 bits per heavy atom. The van der Waals surface area contributed by atoms with E-state index >= 15 is 0 Å². The number of aliphatic carboxylic acids is 1. The third-order valence-corrected chi connectivity index (χ3v) is 4.81. The minimum atomic E-state index is -1.40. The van der Waals surface area contributed by atoms with Crippen molar-refractivity contribution in [1.82, 2.24) is 10.2 Å². The monoisotopic (exact) mass is 288 g/mol. The minimum Gasteiger partial charge on any atom is -0.479 e. The van der Waals surface area contributed by atoms with Crippen molar-refractivity contribution in [3.8, 4) is 0 Å². The molecule has 2 amide bonds. The predicted molar refractivity (Wildman–Crippen MR) is 77.8 cm³/mol. The molecule has 0 aromatic heterocycles. The summed E-state index contributed by atoms with van der Waals surface area (Å²) in [5.41, 5.74) is -0.824. The van der Waals surface area contributed by atoms with E-state index in [1.165, 1.54) is 13.3 Å². The number of fused-ring (bicyclic) bond motifs is 2. The molecule has 1 aliphatic carbocycles. The number of amides is 2. The molecule has 0 spiro atoms. The van der Waals surface area contributed by atoms with E-state index in [4.69, 9.17) is 0 Å². The lowest BCUT2D eigenvalue weighted by Crippen LogP contribution is -2.55. The molecule has 2 bridgehead atoms. The Morgan fingerprint density at radius 3 is 2.52 bits per heavy atom. The van der Waals surface area contributed by atoms with Crippen LogP contribution in [0.2, 0.25) is 0 Å². The number of likely N-dealkylation sites (tertiary alicyclic amines) is 1. The van der Waals surface area contributed by atoms with Crippen molar-refractivity contribution in [2.75, 3.05) is 6.54 Å². The molecule has 1 saturated heterocycles. The van der Waals surface area contributed by atoms with E-state index in [2.05, 4.69) is 5.32 Å². The molecule has 112 valence electrons. The summed E-state index contributed by atoms with van der Waals surface area (Å²) in [4.78, 5) is 26.0. The van der Waals surface area contributed by atoms with Gasteiger partial charge in [-0.1, -0.05) is 30.3 Å². The molecule has 21 heavy (non-hydrogen) atoms. The molecule has 2 N–H and O–H groups in total. The van der Waals surface area contributed by atoms with Gasteiger partial charge in [-0.25, -0.2) is 9.59 Å². The quantitative estimate of drug-likeness (QED) is 0.895. The van der Waals surface area contributed by atoms with Crippen molar-refractivity contribution >= 4 is 12.0 Å². The van der Waals surface area contributed by atoms with Gasteiger partial charge in [-0.3, -0.25) is 0 Å². The summed E-state index contributed by atoms with van der Waals surface area (Å²) in [5, 5.41) is 12.3. The lowest BCUT2D eigenvalue weighted by Gasteiger charge is -2.33. The summed E-state index contributed by atoms with van der Waals surface area (Å²) in [5.74, 6) is -0.458. The summed E-state index contributed by atoms with van der Waals surface area (Å²) in [6.45, 7) is 2.29. The van der Waals surface area contributed by atoms with E-state index < -0.39 is 11.5 Å². The van der Waals surface area contributed by atoms with E-state index in [-0.39, 0.29) is 12.1 Å². The van der Waals surface area contributed by atoms with Crippen molar-refractivity contribution in [3.63, 3.8) is 0 Å². The zero-order valence-electron chi connectivity index (χ0n) is 12.1. The fourth-order valence-electron chi connectivity index (χ4n) is 3.48. The highest BCUT2D eigenvalue weighted by Crippen LogP contribution is 2.37. The number of carboxylic acid groups (broad SMARTS) is 1. The van der Waals surface area contributed by atoms with E-state index in [1.54, 1.807) is 29.2 Å². The second kappa shape index (κ2) is 5.06. The molecule has 2 aliphatic rings.